The molecule has 0 aromatic heterocycles. The summed E-state index contributed by atoms with van der Waals surface area (Å²) in [6.45, 7) is 6.78. The Morgan fingerprint density at radius 2 is 1.94 bits per heavy atom. The topological polar surface area (TPSA) is 38.3 Å². The zero-order valence-corrected chi connectivity index (χ0v) is 11.7. The molecule has 1 unspecified atom stereocenters. The summed E-state index contributed by atoms with van der Waals surface area (Å²) < 4.78 is 4.90. The maximum absolute atomic E-state index is 11.9. The molecule has 0 saturated carbocycles. The van der Waals surface area contributed by atoms with E-state index in [0.29, 0.717) is 12.5 Å². The number of rotatable bonds is 6. The van der Waals surface area contributed by atoms with Gasteiger partial charge in [-0.2, -0.15) is 0 Å². The van der Waals surface area contributed by atoms with Crippen molar-refractivity contribution >= 4 is 5.97 Å². The number of carbonyl (C=O) groups excluding carboxylic acids is 1. The molecule has 0 fully saturated rings. The van der Waals surface area contributed by atoms with Crippen LogP contribution in [0.5, 0.6) is 0 Å². The van der Waals surface area contributed by atoms with Gasteiger partial charge in [0.2, 0.25) is 0 Å². The van der Waals surface area contributed by atoms with E-state index in [1.54, 1.807) is 0 Å². The normalized spacial score (nSPS) is 14.3. The van der Waals surface area contributed by atoms with Crippen LogP contribution in [0.25, 0.3) is 0 Å². The molecule has 1 rings (SSSR count). The molecular formula is C15H23NO2. The maximum atomic E-state index is 11.9. The quantitative estimate of drug-likeness (QED) is 0.788. The Hall–Kier alpha value is -1.35. The molecular weight excluding hydrogens is 226 g/mol. The van der Waals surface area contributed by atoms with Crippen molar-refractivity contribution in [1.29, 1.82) is 0 Å². The molecule has 3 nitrogen and oxygen atoms in total. The first kappa shape index (κ1) is 14.7. The van der Waals surface area contributed by atoms with Crippen LogP contribution in [0.15, 0.2) is 30.3 Å². The third-order valence-corrected chi connectivity index (χ3v) is 2.98. The largest absolute Gasteiger partial charge is 0.468 e. The van der Waals surface area contributed by atoms with E-state index in [1.807, 2.05) is 37.3 Å². The summed E-state index contributed by atoms with van der Waals surface area (Å²) in [6.07, 6.45) is 0.756. The van der Waals surface area contributed by atoms with E-state index < -0.39 is 5.54 Å². The molecule has 18 heavy (non-hydrogen) atoms. The number of esters is 1. The Bertz CT molecular complexity index is 375. The Labute approximate surface area is 110 Å². The minimum absolute atomic E-state index is 0.202. The Balaban J connectivity index is 2.70. The first-order chi connectivity index (χ1) is 8.48. The van der Waals surface area contributed by atoms with Crippen LogP contribution in [0, 0.1) is 5.92 Å². The van der Waals surface area contributed by atoms with Gasteiger partial charge in [-0.15, -0.1) is 0 Å². The van der Waals surface area contributed by atoms with Crippen LogP contribution in [0.4, 0.5) is 0 Å². The van der Waals surface area contributed by atoms with Gasteiger partial charge < -0.3 is 4.74 Å². The molecule has 1 aromatic rings. The standard InChI is InChI=1S/C15H23NO2/c1-12(2)10-15(3,14(17)18-4)16-11-13-8-6-5-7-9-13/h5-9,12,16H,10-11H2,1-4H3. The summed E-state index contributed by atoms with van der Waals surface area (Å²) in [4.78, 5) is 11.9. The van der Waals surface area contributed by atoms with Gasteiger partial charge in [-0.3, -0.25) is 10.1 Å². The van der Waals surface area contributed by atoms with E-state index in [-0.39, 0.29) is 5.97 Å². The minimum Gasteiger partial charge on any atom is -0.468 e. The van der Waals surface area contributed by atoms with Crippen molar-refractivity contribution in [3.8, 4) is 0 Å². The summed E-state index contributed by atoms with van der Waals surface area (Å²) in [5.74, 6) is 0.226. The van der Waals surface area contributed by atoms with Crippen LogP contribution in [0.2, 0.25) is 0 Å². The lowest BCUT2D eigenvalue weighted by atomic mass is 9.90. The van der Waals surface area contributed by atoms with E-state index in [1.165, 1.54) is 7.11 Å². The summed E-state index contributed by atoms with van der Waals surface area (Å²) in [7, 11) is 1.44. The van der Waals surface area contributed by atoms with Crippen LogP contribution >= 0.6 is 0 Å². The van der Waals surface area contributed by atoms with Crippen molar-refractivity contribution in [3.63, 3.8) is 0 Å². The molecule has 0 saturated heterocycles. The zero-order valence-electron chi connectivity index (χ0n) is 11.7. The van der Waals surface area contributed by atoms with Gasteiger partial charge in [0.1, 0.15) is 5.54 Å². The summed E-state index contributed by atoms with van der Waals surface area (Å²) in [5, 5.41) is 3.32. The second-order valence-electron chi connectivity index (χ2n) is 5.26. The molecule has 0 aliphatic carbocycles. The van der Waals surface area contributed by atoms with E-state index in [2.05, 4.69) is 19.2 Å². The van der Waals surface area contributed by atoms with Gasteiger partial charge in [-0.1, -0.05) is 44.2 Å². The number of hydrogen-bond donors (Lipinski definition) is 1. The molecule has 3 heteroatoms. The van der Waals surface area contributed by atoms with Crippen LogP contribution in [-0.2, 0) is 16.1 Å². The third-order valence-electron chi connectivity index (χ3n) is 2.98. The monoisotopic (exact) mass is 249 g/mol. The molecule has 1 aromatic carbocycles. The molecule has 100 valence electrons. The lowest BCUT2D eigenvalue weighted by molar-refractivity contribution is -0.148. The Morgan fingerprint density at radius 3 is 2.44 bits per heavy atom. The van der Waals surface area contributed by atoms with Gasteiger partial charge in [0, 0.05) is 6.54 Å². The van der Waals surface area contributed by atoms with E-state index in [4.69, 9.17) is 4.74 Å². The van der Waals surface area contributed by atoms with Crippen molar-refractivity contribution < 1.29 is 9.53 Å². The fourth-order valence-corrected chi connectivity index (χ4v) is 2.16. The number of hydrogen-bond acceptors (Lipinski definition) is 3. The number of ether oxygens (including phenoxy) is 1. The highest BCUT2D eigenvalue weighted by atomic mass is 16.5. The van der Waals surface area contributed by atoms with Gasteiger partial charge in [0.25, 0.3) is 0 Å². The van der Waals surface area contributed by atoms with Crippen LogP contribution in [0.3, 0.4) is 0 Å². The molecule has 0 amide bonds. The van der Waals surface area contributed by atoms with Crippen LogP contribution in [-0.4, -0.2) is 18.6 Å². The van der Waals surface area contributed by atoms with Gasteiger partial charge in [0.05, 0.1) is 7.11 Å². The Morgan fingerprint density at radius 1 is 1.33 bits per heavy atom. The fourth-order valence-electron chi connectivity index (χ4n) is 2.16. The second kappa shape index (κ2) is 6.55. The highest BCUT2D eigenvalue weighted by molar-refractivity contribution is 5.80. The molecule has 1 N–H and O–H groups in total. The molecule has 0 radical (unpaired) electrons. The van der Waals surface area contributed by atoms with Gasteiger partial charge in [-0.05, 0) is 24.8 Å². The fraction of sp³-hybridized carbons (Fsp3) is 0.533. The molecule has 0 aliphatic rings. The first-order valence-electron chi connectivity index (χ1n) is 6.35. The predicted molar refractivity (Wildman–Crippen MR) is 73.2 cm³/mol. The first-order valence-corrected chi connectivity index (χ1v) is 6.35. The van der Waals surface area contributed by atoms with Gasteiger partial charge in [-0.25, -0.2) is 0 Å². The maximum Gasteiger partial charge on any atom is 0.325 e. The van der Waals surface area contributed by atoms with Crippen molar-refractivity contribution in [2.75, 3.05) is 7.11 Å². The average molecular weight is 249 g/mol. The Kier molecular flexibility index (Phi) is 5.35. The molecule has 0 aliphatic heterocycles. The van der Waals surface area contributed by atoms with E-state index >= 15 is 0 Å². The molecule has 0 spiro atoms. The van der Waals surface area contributed by atoms with Gasteiger partial charge >= 0.3 is 5.97 Å². The predicted octanol–water partition coefficient (Wildman–Crippen LogP) is 2.75. The lowest BCUT2D eigenvalue weighted by Crippen LogP contribution is -2.50. The smallest absolute Gasteiger partial charge is 0.325 e. The number of carbonyl (C=O) groups is 1. The van der Waals surface area contributed by atoms with E-state index in [9.17, 15) is 4.79 Å². The summed E-state index contributed by atoms with van der Waals surface area (Å²) >= 11 is 0. The zero-order chi connectivity index (χ0) is 13.6. The number of nitrogens with one attached hydrogen (secondary N) is 1. The molecule has 1 atom stereocenters. The van der Waals surface area contributed by atoms with Crippen molar-refractivity contribution in [3.05, 3.63) is 35.9 Å². The second-order valence-corrected chi connectivity index (χ2v) is 5.26. The van der Waals surface area contributed by atoms with Crippen LogP contribution in [0.1, 0.15) is 32.8 Å². The van der Waals surface area contributed by atoms with Crippen LogP contribution < -0.4 is 5.32 Å². The lowest BCUT2D eigenvalue weighted by Gasteiger charge is -2.29. The SMILES string of the molecule is COC(=O)C(C)(CC(C)C)NCc1ccccc1. The minimum atomic E-state index is -0.626. The van der Waals surface area contributed by atoms with Crippen molar-refractivity contribution in [2.45, 2.75) is 39.3 Å². The average Bonchev–Trinajstić information content (AvgIpc) is 2.36. The molecule has 0 heterocycles. The highest BCUT2D eigenvalue weighted by Gasteiger charge is 2.34. The third kappa shape index (κ3) is 4.15. The number of methoxy groups -OCH3 is 1. The summed E-state index contributed by atoms with van der Waals surface area (Å²) in [5.41, 5.74) is 0.537. The molecule has 0 bridgehead atoms. The summed E-state index contributed by atoms with van der Waals surface area (Å²) in [6, 6.07) is 10.1. The van der Waals surface area contributed by atoms with Gasteiger partial charge in [0.15, 0.2) is 0 Å². The van der Waals surface area contributed by atoms with Crippen molar-refractivity contribution in [1.82, 2.24) is 5.32 Å². The van der Waals surface area contributed by atoms with E-state index in [0.717, 1.165) is 12.0 Å². The number of benzene rings is 1. The highest BCUT2D eigenvalue weighted by Crippen LogP contribution is 2.19. The van der Waals surface area contributed by atoms with Crippen molar-refractivity contribution in [2.24, 2.45) is 5.92 Å².